The van der Waals surface area contributed by atoms with Gasteiger partial charge in [0.2, 0.25) is 5.89 Å². The van der Waals surface area contributed by atoms with Crippen molar-refractivity contribution in [1.82, 2.24) is 4.98 Å². The topological polar surface area (TPSA) is 52.0 Å². The molecule has 1 aliphatic rings. The first kappa shape index (κ1) is 12.8. The Morgan fingerprint density at radius 1 is 1.10 bits per heavy atom. The fraction of sp³-hybridized carbons (Fsp3) is 0.235. The minimum Gasteiger partial charge on any atom is -0.440 e. The number of benzene rings is 2. The lowest BCUT2D eigenvalue weighted by molar-refractivity contribution is 0.556. The Bertz CT molecular complexity index is 810. The average molecular weight is 296 g/mol. The van der Waals surface area contributed by atoms with E-state index in [1.54, 1.807) is 11.8 Å². The van der Waals surface area contributed by atoms with E-state index in [0.717, 1.165) is 22.7 Å². The lowest BCUT2D eigenvalue weighted by Gasteiger charge is -2.03. The molecule has 0 radical (unpaired) electrons. The van der Waals surface area contributed by atoms with Crippen LogP contribution in [-0.2, 0) is 18.6 Å². The summed E-state index contributed by atoms with van der Waals surface area (Å²) in [4.78, 5) is 5.78. The molecule has 0 unspecified atom stereocenters. The number of thioether (sulfide) groups is 1. The van der Waals surface area contributed by atoms with Gasteiger partial charge in [-0.3, -0.25) is 0 Å². The Morgan fingerprint density at radius 2 is 2.00 bits per heavy atom. The molecule has 0 amide bonds. The Hall–Kier alpha value is -1.94. The Morgan fingerprint density at radius 3 is 2.95 bits per heavy atom. The molecule has 106 valence electrons. The van der Waals surface area contributed by atoms with Crippen molar-refractivity contribution < 1.29 is 4.42 Å². The molecule has 0 bridgehead atoms. The van der Waals surface area contributed by atoms with Gasteiger partial charge in [-0.1, -0.05) is 6.07 Å². The first-order chi connectivity index (χ1) is 10.3. The van der Waals surface area contributed by atoms with E-state index in [1.165, 1.54) is 35.3 Å². The second-order valence-electron chi connectivity index (χ2n) is 5.41. The summed E-state index contributed by atoms with van der Waals surface area (Å²) in [7, 11) is 0. The standard InChI is InChI=1S/C17H16N2OS/c18-13-5-7-16-15(9-13)19-17(20-16)10-21-14-6-4-11-2-1-3-12(11)8-14/h4-9H,1-3,10,18H2. The van der Waals surface area contributed by atoms with Crippen LogP contribution in [0, 0.1) is 0 Å². The van der Waals surface area contributed by atoms with Gasteiger partial charge in [0.15, 0.2) is 5.58 Å². The van der Waals surface area contributed by atoms with E-state index in [0.29, 0.717) is 5.69 Å². The van der Waals surface area contributed by atoms with E-state index in [1.807, 2.05) is 18.2 Å². The van der Waals surface area contributed by atoms with Crippen LogP contribution in [0.3, 0.4) is 0 Å². The van der Waals surface area contributed by atoms with E-state index in [-0.39, 0.29) is 0 Å². The van der Waals surface area contributed by atoms with Gasteiger partial charge in [0.1, 0.15) is 5.52 Å². The summed E-state index contributed by atoms with van der Waals surface area (Å²) in [5, 5.41) is 0. The minimum atomic E-state index is 0.716. The zero-order chi connectivity index (χ0) is 14.2. The largest absolute Gasteiger partial charge is 0.440 e. The first-order valence-electron chi connectivity index (χ1n) is 7.17. The SMILES string of the molecule is Nc1ccc2oc(CSc3ccc4c(c3)CCC4)nc2c1. The third kappa shape index (κ3) is 2.51. The van der Waals surface area contributed by atoms with E-state index in [2.05, 4.69) is 23.2 Å². The lowest BCUT2D eigenvalue weighted by Crippen LogP contribution is -1.84. The molecule has 4 heteroatoms. The number of aromatic nitrogens is 1. The number of hydrogen-bond acceptors (Lipinski definition) is 4. The molecular weight excluding hydrogens is 280 g/mol. The van der Waals surface area contributed by atoms with Gasteiger partial charge in [0.05, 0.1) is 5.75 Å². The maximum Gasteiger partial charge on any atom is 0.205 e. The van der Waals surface area contributed by atoms with E-state index >= 15 is 0 Å². The molecule has 1 heterocycles. The van der Waals surface area contributed by atoms with Gasteiger partial charge in [-0.05, 0) is 60.7 Å². The molecule has 0 saturated heterocycles. The number of nitrogens with two attached hydrogens (primary N) is 1. The maximum atomic E-state index is 5.76. The number of aryl methyl sites for hydroxylation is 2. The van der Waals surface area contributed by atoms with Gasteiger partial charge in [-0.2, -0.15) is 0 Å². The van der Waals surface area contributed by atoms with Crippen LogP contribution in [0.2, 0.25) is 0 Å². The maximum absolute atomic E-state index is 5.76. The molecule has 0 atom stereocenters. The predicted molar refractivity (Wildman–Crippen MR) is 86.4 cm³/mol. The van der Waals surface area contributed by atoms with Crippen molar-refractivity contribution in [2.45, 2.75) is 29.9 Å². The van der Waals surface area contributed by atoms with Crippen molar-refractivity contribution in [1.29, 1.82) is 0 Å². The van der Waals surface area contributed by atoms with Crippen molar-refractivity contribution in [3.8, 4) is 0 Å². The molecule has 0 spiro atoms. The van der Waals surface area contributed by atoms with Crippen LogP contribution in [-0.4, -0.2) is 4.98 Å². The minimum absolute atomic E-state index is 0.716. The quantitative estimate of drug-likeness (QED) is 0.581. The summed E-state index contributed by atoms with van der Waals surface area (Å²) in [6.07, 6.45) is 3.73. The molecule has 1 aliphatic carbocycles. The molecule has 2 aromatic carbocycles. The normalized spacial score (nSPS) is 13.7. The third-order valence-electron chi connectivity index (χ3n) is 3.89. The molecule has 0 saturated carbocycles. The molecule has 2 N–H and O–H groups in total. The first-order valence-corrected chi connectivity index (χ1v) is 8.16. The highest BCUT2D eigenvalue weighted by Gasteiger charge is 2.12. The fourth-order valence-electron chi connectivity index (χ4n) is 2.84. The Kier molecular flexibility index (Phi) is 3.11. The zero-order valence-corrected chi connectivity index (χ0v) is 12.5. The molecule has 4 rings (SSSR count). The number of rotatable bonds is 3. The second kappa shape index (κ2) is 5.11. The van der Waals surface area contributed by atoms with Crippen LogP contribution in [0.1, 0.15) is 23.4 Å². The van der Waals surface area contributed by atoms with Gasteiger partial charge in [-0.25, -0.2) is 4.98 Å². The van der Waals surface area contributed by atoms with E-state index in [4.69, 9.17) is 10.2 Å². The summed E-state index contributed by atoms with van der Waals surface area (Å²) in [5.74, 6) is 1.49. The summed E-state index contributed by atoms with van der Waals surface area (Å²) in [6, 6.07) is 12.3. The molecule has 1 aromatic heterocycles. The molecule has 3 aromatic rings. The van der Waals surface area contributed by atoms with Crippen LogP contribution in [0.25, 0.3) is 11.1 Å². The predicted octanol–water partition coefficient (Wildman–Crippen LogP) is 4.19. The molecule has 21 heavy (non-hydrogen) atoms. The van der Waals surface area contributed by atoms with Crippen LogP contribution in [0.5, 0.6) is 0 Å². The van der Waals surface area contributed by atoms with Crippen LogP contribution >= 0.6 is 11.8 Å². The smallest absolute Gasteiger partial charge is 0.205 e. The van der Waals surface area contributed by atoms with E-state index in [9.17, 15) is 0 Å². The van der Waals surface area contributed by atoms with Crippen LogP contribution < -0.4 is 5.73 Å². The van der Waals surface area contributed by atoms with Crippen molar-refractivity contribution in [3.05, 3.63) is 53.4 Å². The lowest BCUT2D eigenvalue weighted by atomic mass is 10.1. The number of fused-ring (bicyclic) bond motifs is 2. The monoisotopic (exact) mass is 296 g/mol. The Balaban J connectivity index is 1.52. The Labute approximate surface area is 127 Å². The summed E-state index contributed by atoms with van der Waals surface area (Å²) < 4.78 is 5.75. The highest BCUT2D eigenvalue weighted by atomic mass is 32.2. The molecular formula is C17H16N2OS. The van der Waals surface area contributed by atoms with Gasteiger partial charge in [0.25, 0.3) is 0 Å². The molecule has 0 aliphatic heterocycles. The van der Waals surface area contributed by atoms with Gasteiger partial charge in [-0.15, -0.1) is 11.8 Å². The zero-order valence-electron chi connectivity index (χ0n) is 11.6. The summed E-state index contributed by atoms with van der Waals surface area (Å²) in [6.45, 7) is 0. The third-order valence-corrected chi connectivity index (χ3v) is 4.87. The highest BCUT2D eigenvalue weighted by molar-refractivity contribution is 7.98. The number of oxazole rings is 1. The number of hydrogen-bond donors (Lipinski definition) is 1. The van der Waals surface area contributed by atoms with E-state index < -0.39 is 0 Å². The number of nitrogen functional groups attached to an aromatic ring is 1. The number of anilines is 1. The molecule has 0 fully saturated rings. The van der Waals surface area contributed by atoms with Crippen molar-refractivity contribution in [2.75, 3.05) is 5.73 Å². The fourth-order valence-corrected chi connectivity index (χ4v) is 3.64. The van der Waals surface area contributed by atoms with Crippen LogP contribution in [0.4, 0.5) is 5.69 Å². The van der Waals surface area contributed by atoms with Crippen molar-refractivity contribution in [2.24, 2.45) is 0 Å². The van der Waals surface area contributed by atoms with Crippen LogP contribution in [0.15, 0.2) is 45.7 Å². The second-order valence-corrected chi connectivity index (χ2v) is 6.46. The number of nitrogens with zero attached hydrogens (tertiary/aromatic N) is 1. The summed E-state index contributed by atoms with van der Waals surface area (Å²) >= 11 is 1.77. The van der Waals surface area contributed by atoms with Gasteiger partial charge >= 0.3 is 0 Å². The van der Waals surface area contributed by atoms with Gasteiger partial charge < -0.3 is 10.2 Å². The molecule has 3 nitrogen and oxygen atoms in total. The van der Waals surface area contributed by atoms with Crippen molar-refractivity contribution >= 4 is 28.5 Å². The van der Waals surface area contributed by atoms with Crippen molar-refractivity contribution in [3.63, 3.8) is 0 Å². The highest BCUT2D eigenvalue weighted by Crippen LogP contribution is 2.30. The average Bonchev–Trinajstić information content (AvgIpc) is 3.09. The summed E-state index contributed by atoms with van der Waals surface area (Å²) in [5.41, 5.74) is 11.1. The van der Waals surface area contributed by atoms with Gasteiger partial charge in [0, 0.05) is 10.6 Å².